The Morgan fingerprint density at radius 1 is 1.05 bits per heavy atom. The van der Waals surface area contributed by atoms with E-state index in [4.69, 9.17) is 0 Å². The number of hydrogen-bond acceptors (Lipinski definition) is 2. The van der Waals surface area contributed by atoms with Crippen molar-refractivity contribution in [2.45, 2.75) is 71.6 Å². The molecule has 0 unspecified atom stereocenters. The summed E-state index contributed by atoms with van der Waals surface area (Å²) >= 11 is 0. The molecule has 0 spiro atoms. The summed E-state index contributed by atoms with van der Waals surface area (Å²) in [5, 5.41) is 0. The molecule has 0 radical (unpaired) electrons. The summed E-state index contributed by atoms with van der Waals surface area (Å²) in [5.41, 5.74) is 3.67. The maximum Gasteiger partial charge on any atom is 0.295 e. The first-order valence-electron chi connectivity index (χ1n) is 7.60. The Morgan fingerprint density at radius 3 is 1.90 bits per heavy atom. The maximum absolute atomic E-state index is 11.9. The Hall–Kier alpha value is -0.870. The van der Waals surface area contributed by atoms with E-state index in [0.717, 1.165) is 23.1 Å². The SMILES string of the molecule is Cc1c(CC(C)C)cc(C(C)C)c(S(=O)(=O)O)c1C(C)C. The van der Waals surface area contributed by atoms with Crippen molar-refractivity contribution >= 4 is 10.1 Å². The van der Waals surface area contributed by atoms with E-state index < -0.39 is 10.1 Å². The minimum absolute atomic E-state index is 0.0472. The molecular weight excluding hydrogens is 284 g/mol. The van der Waals surface area contributed by atoms with Gasteiger partial charge in [0.1, 0.15) is 4.90 Å². The Balaban J connectivity index is 3.82. The average Bonchev–Trinajstić information content (AvgIpc) is 2.28. The molecule has 1 rings (SSSR count). The van der Waals surface area contributed by atoms with Crippen molar-refractivity contribution in [2.75, 3.05) is 0 Å². The molecule has 3 nitrogen and oxygen atoms in total. The third-order valence-electron chi connectivity index (χ3n) is 3.81. The predicted octanol–water partition coefficient (Wildman–Crippen LogP) is 4.69. The second-order valence-corrected chi connectivity index (χ2v) is 8.23. The molecule has 0 amide bonds. The fraction of sp³-hybridized carbons (Fsp3) is 0.647. The third kappa shape index (κ3) is 4.07. The van der Waals surface area contributed by atoms with Crippen LogP contribution in [0.15, 0.2) is 11.0 Å². The lowest BCUT2D eigenvalue weighted by molar-refractivity contribution is 0.479. The van der Waals surface area contributed by atoms with Crippen LogP contribution < -0.4 is 0 Å². The molecule has 0 bridgehead atoms. The minimum Gasteiger partial charge on any atom is -0.282 e. The molecule has 21 heavy (non-hydrogen) atoms. The molecule has 0 aliphatic heterocycles. The average molecular weight is 312 g/mol. The van der Waals surface area contributed by atoms with Gasteiger partial charge in [-0.05, 0) is 53.4 Å². The van der Waals surface area contributed by atoms with Gasteiger partial charge in [0.2, 0.25) is 0 Å². The van der Waals surface area contributed by atoms with Gasteiger partial charge >= 0.3 is 0 Å². The lowest BCUT2D eigenvalue weighted by atomic mass is 9.86. The summed E-state index contributed by atoms with van der Waals surface area (Å²) in [5.74, 6) is 0.595. The van der Waals surface area contributed by atoms with E-state index in [1.165, 1.54) is 5.56 Å². The van der Waals surface area contributed by atoms with Crippen LogP contribution in [0.1, 0.15) is 75.6 Å². The molecular formula is C17H28O3S. The molecule has 0 aromatic heterocycles. The summed E-state index contributed by atoms with van der Waals surface area (Å²) in [7, 11) is -4.22. The molecule has 0 atom stereocenters. The fourth-order valence-electron chi connectivity index (χ4n) is 2.92. The normalized spacial score (nSPS) is 12.7. The van der Waals surface area contributed by atoms with Crippen LogP contribution in [0.5, 0.6) is 0 Å². The van der Waals surface area contributed by atoms with Gasteiger partial charge in [-0.2, -0.15) is 8.42 Å². The highest BCUT2D eigenvalue weighted by Crippen LogP contribution is 2.36. The number of rotatable bonds is 5. The zero-order valence-corrected chi connectivity index (χ0v) is 15.0. The van der Waals surface area contributed by atoms with Crippen LogP contribution in [0.3, 0.4) is 0 Å². The molecule has 0 saturated heterocycles. The minimum atomic E-state index is -4.22. The van der Waals surface area contributed by atoms with Crippen molar-refractivity contribution in [3.8, 4) is 0 Å². The summed E-state index contributed by atoms with van der Waals surface area (Å²) < 4.78 is 33.6. The van der Waals surface area contributed by atoms with Crippen molar-refractivity contribution in [2.24, 2.45) is 5.92 Å². The smallest absolute Gasteiger partial charge is 0.282 e. The molecule has 1 aromatic carbocycles. The Kier molecular flexibility index (Phi) is 5.62. The topological polar surface area (TPSA) is 54.4 Å². The second kappa shape index (κ2) is 6.49. The molecule has 0 fully saturated rings. The summed E-state index contributed by atoms with van der Waals surface area (Å²) in [6, 6.07) is 1.97. The first-order chi connectivity index (χ1) is 9.46. The third-order valence-corrected chi connectivity index (χ3v) is 4.78. The lowest BCUT2D eigenvalue weighted by Crippen LogP contribution is -2.14. The van der Waals surface area contributed by atoms with E-state index in [2.05, 4.69) is 13.8 Å². The largest absolute Gasteiger partial charge is 0.295 e. The van der Waals surface area contributed by atoms with Gasteiger partial charge in [-0.15, -0.1) is 0 Å². The molecule has 0 aliphatic rings. The Bertz CT molecular complexity index is 611. The fourth-order valence-corrected chi connectivity index (χ4v) is 4.18. The van der Waals surface area contributed by atoms with Crippen LogP contribution in [-0.4, -0.2) is 13.0 Å². The van der Waals surface area contributed by atoms with Gasteiger partial charge in [0.05, 0.1) is 0 Å². The first kappa shape index (κ1) is 18.2. The van der Waals surface area contributed by atoms with Gasteiger partial charge in [-0.1, -0.05) is 47.6 Å². The summed E-state index contributed by atoms with van der Waals surface area (Å²) in [4.78, 5) is 0.123. The van der Waals surface area contributed by atoms with Gasteiger partial charge in [0, 0.05) is 0 Å². The van der Waals surface area contributed by atoms with Gasteiger partial charge in [-0.25, -0.2) is 0 Å². The molecule has 120 valence electrons. The molecule has 0 aliphatic carbocycles. The number of hydrogen-bond donors (Lipinski definition) is 1. The van der Waals surface area contributed by atoms with Crippen molar-refractivity contribution in [1.29, 1.82) is 0 Å². The van der Waals surface area contributed by atoms with Crippen LogP contribution >= 0.6 is 0 Å². The van der Waals surface area contributed by atoms with Gasteiger partial charge in [0.15, 0.2) is 0 Å². The van der Waals surface area contributed by atoms with E-state index in [0.29, 0.717) is 5.92 Å². The maximum atomic E-state index is 11.9. The van der Waals surface area contributed by atoms with Gasteiger partial charge in [-0.3, -0.25) is 4.55 Å². The van der Waals surface area contributed by atoms with Crippen LogP contribution in [0.2, 0.25) is 0 Å². The molecule has 1 aromatic rings. The zero-order valence-electron chi connectivity index (χ0n) is 14.2. The summed E-state index contributed by atoms with van der Waals surface area (Å²) in [6.45, 7) is 14.1. The van der Waals surface area contributed by atoms with Crippen molar-refractivity contribution < 1.29 is 13.0 Å². The highest BCUT2D eigenvalue weighted by Gasteiger charge is 2.27. The molecule has 0 heterocycles. The summed E-state index contributed by atoms with van der Waals surface area (Å²) in [6.07, 6.45) is 0.914. The standard InChI is InChI=1S/C17H28O3S/c1-10(2)8-14-9-15(11(3)4)17(21(18,19)20)16(12(5)6)13(14)7/h9-12H,8H2,1-7H3,(H,18,19,20). The zero-order chi connectivity index (χ0) is 16.5. The molecule has 0 saturated carbocycles. The quantitative estimate of drug-likeness (QED) is 0.803. The van der Waals surface area contributed by atoms with Crippen molar-refractivity contribution in [3.63, 3.8) is 0 Å². The second-order valence-electron chi connectivity index (χ2n) is 6.88. The van der Waals surface area contributed by atoms with Crippen molar-refractivity contribution in [3.05, 3.63) is 28.3 Å². The first-order valence-corrected chi connectivity index (χ1v) is 9.04. The van der Waals surface area contributed by atoms with Gasteiger partial charge in [0.25, 0.3) is 10.1 Å². The number of benzene rings is 1. The highest BCUT2D eigenvalue weighted by molar-refractivity contribution is 7.86. The van der Waals surface area contributed by atoms with Crippen LogP contribution in [0, 0.1) is 12.8 Å². The Labute approximate surface area is 129 Å². The van der Waals surface area contributed by atoms with E-state index in [9.17, 15) is 13.0 Å². The van der Waals surface area contributed by atoms with E-state index in [1.807, 2.05) is 40.7 Å². The predicted molar refractivity (Wildman–Crippen MR) is 87.7 cm³/mol. The molecule has 4 heteroatoms. The Morgan fingerprint density at radius 2 is 1.57 bits per heavy atom. The van der Waals surface area contributed by atoms with E-state index >= 15 is 0 Å². The van der Waals surface area contributed by atoms with E-state index in [-0.39, 0.29) is 16.7 Å². The van der Waals surface area contributed by atoms with E-state index in [1.54, 1.807) is 0 Å². The molecule has 1 N–H and O–H groups in total. The monoisotopic (exact) mass is 312 g/mol. The highest BCUT2D eigenvalue weighted by atomic mass is 32.2. The van der Waals surface area contributed by atoms with Crippen molar-refractivity contribution in [1.82, 2.24) is 0 Å². The van der Waals surface area contributed by atoms with Crippen LogP contribution in [0.4, 0.5) is 0 Å². The van der Waals surface area contributed by atoms with Crippen LogP contribution in [0.25, 0.3) is 0 Å². The van der Waals surface area contributed by atoms with Crippen LogP contribution in [-0.2, 0) is 16.5 Å². The lowest BCUT2D eigenvalue weighted by Gasteiger charge is -2.23. The van der Waals surface area contributed by atoms with Gasteiger partial charge < -0.3 is 0 Å².